The molecule has 0 bridgehead atoms. The van der Waals surface area contributed by atoms with Crippen LogP contribution in [-0.2, 0) is 9.53 Å². The van der Waals surface area contributed by atoms with E-state index in [1.54, 1.807) is 0 Å². The molecule has 1 fully saturated rings. The predicted octanol–water partition coefficient (Wildman–Crippen LogP) is 4.92. The summed E-state index contributed by atoms with van der Waals surface area (Å²) >= 11 is 0. The summed E-state index contributed by atoms with van der Waals surface area (Å²) in [6, 6.07) is 0.0293. The molecule has 1 saturated carbocycles. The van der Waals surface area contributed by atoms with Crippen molar-refractivity contribution < 1.29 is 9.53 Å². The van der Waals surface area contributed by atoms with Crippen LogP contribution in [-0.4, -0.2) is 23.7 Å². The maximum absolute atomic E-state index is 12.2. The first-order valence-electron chi connectivity index (χ1n) is 9.00. The molecule has 1 aliphatic carbocycles. The molecule has 1 aliphatic heterocycles. The zero-order valence-electron chi connectivity index (χ0n) is 14.7. The molecule has 126 valence electrons. The number of hydrogen-bond acceptors (Lipinski definition) is 4. The van der Waals surface area contributed by atoms with E-state index >= 15 is 0 Å². The average molecular weight is 308 g/mol. The minimum absolute atomic E-state index is 0.0293. The smallest absolute Gasteiger partial charge is 0.308 e. The Hall–Kier alpha value is -0.930. The summed E-state index contributed by atoms with van der Waals surface area (Å²) in [4.78, 5) is 12.2. The van der Waals surface area contributed by atoms with Crippen LogP contribution in [0.25, 0.3) is 0 Å². The molecule has 0 amide bonds. The third-order valence-corrected chi connectivity index (χ3v) is 4.93. The van der Waals surface area contributed by atoms with E-state index in [9.17, 15) is 4.79 Å². The Bertz CT molecular complexity index is 396. The van der Waals surface area contributed by atoms with E-state index in [2.05, 4.69) is 19.0 Å². The Balaban J connectivity index is 2.23. The van der Waals surface area contributed by atoms with Crippen LogP contribution in [0.5, 0.6) is 0 Å². The van der Waals surface area contributed by atoms with Gasteiger partial charge in [-0.15, -0.1) is 0 Å². The van der Waals surface area contributed by atoms with E-state index in [1.807, 2.05) is 13.8 Å². The van der Waals surface area contributed by atoms with Gasteiger partial charge in [-0.1, -0.05) is 46.0 Å². The van der Waals surface area contributed by atoms with Crippen LogP contribution in [0.15, 0.2) is 10.2 Å². The molecular weight excluding hydrogens is 276 g/mol. The fourth-order valence-corrected chi connectivity index (χ4v) is 3.66. The minimum atomic E-state index is -0.446. The second-order valence-electron chi connectivity index (χ2n) is 8.00. The Morgan fingerprint density at radius 3 is 2.27 bits per heavy atom. The molecule has 1 heterocycles. The van der Waals surface area contributed by atoms with Gasteiger partial charge in [-0.3, -0.25) is 4.79 Å². The third kappa shape index (κ3) is 4.79. The van der Waals surface area contributed by atoms with Gasteiger partial charge < -0.3 is 4.74 Å². The molecule has 0 radical (unpaired) electrons. The highest BCUT2D eigenvalue weighted by molar-refractivity contribution is 5.71. The maximum atomic E-state index is 12.2. The first-order chi connectivity index (χ1) is 10.4. The van der Waals surface area contributed by atoms with Gasteiger partial charge in [-0.05, 0) is 38.5 Å². The number of azo groups is 1. The topological polar surface area (TPSA) is 51.0 Å². The average Bonchev–Trinajstić information content (AvgIpc) is 2.36. The second kappa shape index (κ2) is 7.56. The van der Waals surface area contributed by atoms with Crippen LogP contribution in [0, 0.1) is 11.8 Å². The summed E-state index contributed by atoms with van der Waals surface area (Å²) in [6.07, 6.45) is 9.08. The van der Waals surface area contributed by atoms with E-state index in [-0.39, 0.29) is 24.0 Å². The second-order valence-corrected chi connectivity index (χ2v) is 8.00. The lowest BCUT2D eigenvalue weighted by molar-refractivity contribution is -0.156. The summed E-state index contributed by atoms with van der Waals surface area (Å²) in [6.45, 7) is 8.16. The van der Waals surface area contributed by atoms with Crippen molar-refractivity contribution >= 4 is 5.97 Å². The lowest BCUT2D eigenvalue weighted by Crippen LogP contribution is -2.42. The van der Waals surface area contributed by atoms with E-state index < -0.39 is 5.54 Å². The van der Waals surface area contributed by atoms with Crippen molar-refractivity contribution in [2.45, 2.75) is 96.7 Å². The van der Waals surface area contributed by atoms with E-state index in [4.69, 9.17) is 9.85 Å². The molecular formula is C18H32N2O2. The normalized spacial score (nSPS) is 31.0. The van der Waals surface area contributed by atoms with Crippen LogP contribution in [0.2, 0.25) is 0 Å². The van der Waals surface area contributed by atoms with Gasteiger partial charge in [0.1, 0.15) is 12.1 Å². The molecule has 2 aliphatic rings. The lowest BCUT2D eigenvalue weighted by Gasteiger charge is -2.36. The predicted molar refractivity (Wildman–Crippen MR) is 87.9 cm³/mol. The van der Waals surface area contributed by atoms with Crippen LogP contribution >= 0.6 is 0 Å². The Labute approximate surface area is 135 Å². The monoisotopic (exact) mass is 308 g/mol. The first kappa shape index (κ1) is 17.4. The van der Waals surface area contributed by atoms with Crippen LogP contribution < -0.4 is 0 Å². The Morgan fingerprint density at radius 2 is 1.68 bits per heavy atom. The van der Waals surface area contributed by atoms with Gasteiger partial charge in [0.05, 0.1) is 12.0 Å². The molecule has 0 aromatic carbocycles. The SMILES string of the molecule is CC(C)C1OC(=O)CC(C)(C)N=N[C@@H]1C1CCCCCCC1. The zero-order valence-corrected chi connectivity index (χ0v) is 14.7. The van der Waals surface area contributed by atoms with Gasteiger partial charge in [0.25, 0.3) is 0 Å². The Kier molecular flexibility index (Phi) is 5.99. The summed E-state index contributed by atoms with van der Waals surface area (Å²) < 4.78 is 5.83. The lowest BCUT2D eigenvalue weighted by atomic mass is 9.81. The van der Waals surface area contributed by atoms with Gasteiger partial charge in [-0.2, -0.15) is 10.2 Å². The highest BCUT2D eigenvalue weighted by atomic mass is 16.5. The molecule has 0 aromatic heterocycles. The van der Waals surface area contributed by atoms with Crippen LogP contribution in [0.3, 0.4) is 0 Å². The number of nitrogens with zero attached hydrogens (tertiary/aromatic N) is 2. The molecule has 2 rings (SSSR count). The third-order valence-electron chi connectivity index (χ3n) is 4.93. The van der Waals surface area contributed by atoms with Crippen molar-refractivity contribution in [2.75, 3.05) is 0 Å². The van der Waals surface area contributed by atoms with Crippen molar-refractivity contribution in [3.8, 4) is 0 Å². The summed E-state index contributed by atoms with van der Waals surface area (Å²) in [7, 11) is 0. The van der Waals surface area contributed by atoms with Gasteiger partial charge in [0.2, 0.25) is 0 Å². The number of carbonyl (C=O) groups excluding carboxylic acids is 1. The van der Waals surface area contributed by atoms with Crippen molar-refractivity contribution in [2.24, 2.45) is 22.1 Å². The summed E-state index contributed by atoms with van der Waals surface area (Å²) in [5, 5.41) is 9.25. The molecule has 0 aromatic rings. The van der Waals surface area contributed by atoms with Crippen LogP contribution in [0.4, 0.5) is 0 Å². The number of ether oxygens (including phenoxy) is 1. The highest BCUT2D eigenvalue weighted by Crippen LogP contribution is 2.34. The van der Waals surface area contributed by atoms with Crippen molar-refractivity contribution in [3.05, 3.63) is 0 Å². The molecule has 4 heteroatoms. The fraction of sp³-hybridized carbons (Fsp3) is 0.944. The molecule has 22 heavy (non-hydrogen) atoms. The van der Waals surface area contributed by atoms with Gasteiger partial charge in [0, 0.05) is 0 Å². The minimum Gasteiger partial charge on any atom is -0.460 e. The summed E-state index contributed by atoms with van der Waals surface area (Å²) in [5.41, 5.74) is -0.446. The largest absolute Gasteiger partial charge is 0.460 e. The fourth-order valence-electron chi connectivity index (χ4n) is 3.66. The van der Waals surface area contributed by atoms with Crippen molar-refractivity contribution in [1.82, 2.24) is 0 Å². The highest BCUT2D eigenvalue weighted by Gasteiger charge is 2.38. The summed E-state index contributed by atoms with van der Waals surface area (Å²) in [5.74, 6) is 0.649. The zero-order chi connectivity index (χ0) is 16.2. The van der Waals surface area contributed by atoms with Gasteiger partial charge in [-0.25, -0.2) is 0 Å². The maximum Gasteiger partial charge on any atom is 0.308 e. The molecule has 0 N–H and O–H groups in total. The van der Waals surface area contributed by atoms with Gasteiger partial charge >= 0.3 is 5.97 Å². The van der Waals surface area contributed by atoms with E-state index in [1.165, 1.54) is 44.9 Å². The first-order valence-corrected chi connectivity index (χ1v) is 9.00. The van der Waals surface area contributed by atoms with Gasteiger partial charge in [0.15, 0.2) is 0 Å². The number of hydrogen-bond donors (Lipinski definition) is 0. The van der Waals surface area contributed by atoms with E-state index in [0.717, 1.165) is 0 Å². The molecule has 2 atom stereocenters. The quantitative estimate of drug-likeness (QED) is 0.680. The number of rotatable bonds is 2. The van der Waals surface area contributed by atoms with Crippen molar-refractivity contribution in [1.29, 1.82) is 0 Å². The number of cyclic esters (lactones) is 1. The molecule has 0 saturated heterocycles. The van der Waals surface area contributed by atoms with Crippen molar-refractivity contribution in [3.63, 3.8) is 0 Å². The van der Waals surface area contributed by atoms with E-state index in [0.29, 0.717) is 12.3 Å². The molecule has 1 unspecified atom stereocenters. The number of esters is 1. The number of carbonyl (C=O) groups is 1. The molecule has 0 spiro atoms. The molecule has 4 nitrogen and oxygen atoms in total. The van der Waals surface area contributed by atoms with Crippen LogP contribution in [0.1, 0.15) is 79.1 Å². The Morgan fingerprint density at radius 1 is 1.09 bits per heavy atom. The standard InChI is InChI=1S/C18H32N2O2/c1-13(2)17-16(14-10-8-6-5-7-9-11-14)19-20-18(3,4)12-15(21)22-17/h13-14,16-17H,5-12H2,1-4H3/t16-,17?/m1/s1.